The lowest BCUT2D eigenvalue weighted by Gasteiger charge is -2.03. The van der Waals surface area contributed by atoms with Gasteiger partial charge in [-0.05, 0) is 23.9 Å². The highest BCUT2D eigenvalue weighted by molar-refractivity contribution is 7.22. The Bertz CT molecular complexity index is 1240. The van der Waals surface area contributed by atoms with Crippen LogP contribution in [0.15, 0.2) is 71.4 Å². The number of nitrogens with one attached hydrogen (secondary N) is 1. The molecule has 1 N–H and O–H groups in total. The van der Waals surface area contributed by atoms with Gasteiger partial charge in [-0.15, -0.1) is 32.9 Å². The molecule has 0 radical (unpaired) electrons. The third-order valence-electron chi connectivity index (χ3n) is 4.65. The topological polar surface area (TPSA) is 50.7 Å². The van der Waals surface area contributed by atoms with Crippen molar-refractivity contribution < 1.29 is 0 Å². The lowest BCUT2D eigenvalue weighted by molar-refractivity contribution is 1.05. The van der Waals surface area contributed by atoms with Crippen molar-refractivity contribution in [3.8, 4) is 31.7 Å². The zero-order valence-electron chi connectivity index (χ0n) is 16.2. The van der Waals surface area contributed by atoms with Crippen LogP contribution in [-0.4, -0.2) is 15.2 Å². The molecular formula is C23H18N4S3. The number of thiazole rings is 1. The Kier molecular flexibility index (Phi) is 5.40. The van der Waals surface area contributed by atoms with Crippen LogP contribution in [0.1, 0.15) is 11.1 Å². The fourth-order valence-corrected chi connectivity index (χ4v) is 5.37. The Morgan fingerprint density at radius 3 is 2.40 bits per heavy atom. The van der Waals surface area contributed by atoms with Gasteiger partial charge >= 0.3 is 0 Å². The quantitative estimate of drug-likeness (QED) is 0.306. The summed E-state index contributed by atoms with van der Waals surface area (Å²) in [5.41, 5.74) is 5.77. The number of aromatic nitrogens is 3. The summed E-state index contributed by atoms with van der Waals surface area (Å²) >= 11 is 4.94. The minimum atomic E-state index is 0.714. The maximum Gasteiger partial charge on any atom is 0.206 e. The van der Waals surface area contributed by atoms with Gasteiger partial charge in [0.2, 0.25) is 5.13 Å². The van der Waals surface area contributed by atoms with Gasteiger partial charge in [0.25, 0.3) is 0 Å². The molecule has 0 aliphatic carbocycles. The molecule has 0 amide bonds. The average Bonchev–Trinajstić information content (AvgIpc) is 3.55. The summed E-state index contributed by atoms with van der Waals surface area (Å²) in [7, 11) is 0. The Morgan fingerprint density at radius 2 is 1.63 bits per heavy atom. The monoisotopic (exact) mass is 446 g/mol. The smallest absolute Gasteiger partial charge is 0.206 e. The molecule has 0 aliphatic rings. The normalized spacial score (nSPS) is 11.0. The van der Waals surface area contributed by atoms with Crippen LogP contribution in [0.3, 0.4) is 0 Å². The number of aryl methyl sites for hydroxylation is 1. The van der Waals surface area contributed by atoms with Crippen molar-refractivity contribution in [2.75, 3.05) is 5.32 Å². The summed E-state index contributed by atoms with van der Waals surface area (Å²) < 4.78 is 0. The highest BCUT2D eigenvalue weighted by atomic mass is 32.1. The van der Waals surface area contributed by atoms with Crippen molar-refractivity contribution in [1.82, 2.24) is 15.2 Å². The number of hydrogen-bond donors (Lipinski definition) is 1. The predicted molar refractivity (Wildman–Crippen MR) is 128 cm³/mol. The van der Waals surface area contributed by atoms with E-state index in [2.05, 4.69) is 87.8 Å². The van der Waals surface area contributed by atoms with E-state index in [1.54, 1.807) is 34.0 Å². The first kappa shape index (κ1) is 19.1. The van der Waals surface area contributed by atoms with E-state index in [4.69, 9.17) is 4.98 Å². The van der Waals surface area contributed by atoms with Crippen LogP contribution in [-0.2, 0) is 6.54 Å². The first-order valence-electron chi connectivity index (χ1n) is 9.48. The largest absolute Gasteiger partial charge is 0.356 e. The number of rotatable bonds is 6. The van der Waals surface area contributed by atoms with Crippen molar-refractivity contribution in [3.63, 3.8) is 0 Å². The predicted octanol–water partition coefficient (Wildman–Crippen LogP) is 6.98. The fraction of sp³-hybridized carbons (Fsp3) is 0.0870. The molecule has 5 rings (SSSR count). The second-order valence-corrected chi connectivity index (χ2v) is 9.63. The third kappa shape index (κ3) is 4.18. The van der Waals surface area contributed by atoms with Crippen LogP contribution >= 0.6 is 34.0 Å². The number of hydrogen-bond acceptors (Lipinski definition) is 7. The van der Waals surface area contributed by atoms with Crippen LogP contribution in [0.5, 0.6) is 0 Å². The van der Waals surface area contributed by atoms with Crippen LogP contribution in [0, 0.1) is 6.92 Å². The standard InChI is InChI=1S/C23H18N4S3/c1-15-4-8-17(9-5-15)19-14-29-21(25-19)18-10-6-16(7-11-18)13-24-23-27-26-22(30-23)20-3-2-12-28-20/h2-12,14H,13H2,1H3,(H,24,27). The lowest BCUT2D eigenvalue weighted by atomic mass is 10.1. The molecule has 5 aromatic rings. The van der Waals surface area contributed by atoms with Gasteiger partial charge in [-0.1, -0.05) is 71.5 Å². The third-order valence-corrected chi connectivity index (χ3v) is 7.46. The summed E-state index contributed by atoms with van der Waals surface area (Å²) in [5, 5.41) is 18.9. The highest BCUT2D eigenvalue weighted by Crippen LogP contribution is 2.31. The minimum Gasteiger partial charge on any atom is -0.356 e. The van der Waals surface area contributed by atoms with E-state index >= 15 is 0 Å². The molecule has 0 unspecified atom stereocenters. The molecule has 148 valence electrons. The molecule has 4 nitrogen and oxygen atoms in total. The van der Waals surface area contributed by atoms with E-state index in [1.807, 2.05) is 6.07 Å². The molecular weight excluding hydrogens is 428 g/mol. The van der Waals surface area contributed by atoms with E-state index in [0.29, 0.717) is 6.54 Å². The zero-order chi connectivity index (χ0) is 20.3. The Balaban J connectivity index is 1.24. The highest BCUT2D eigenvalue weighted by Gasteiger charge is 2.09. The average molecular weight is 447 g/mol. The van der Waals surface area contributed by atoms with Gasteiger partial charge in [-0.3, -0.25) is 0 Å². The van der Waals surface area contributed by atoms with E-state index in [1.165, 1.54) is 11.1 Å². The first-order chi connectivity index (χ1) is 14.7. The first-order valence-corrected chi connectivity index (χ1v) is 12.1. The second kappa shape index (κ2) is 8.47. The molecule has 7 heteroatoms. The van der Waals surface area contributed by atoms with Crippen molar-refractivity contribution >= 4 is 39.1 Å². The second-order valence-electron chi connectivity index (χ2n) is 6.84. The summed E-state index contributed by atoms with van der Waals surface area (Å²) in [4.78, 5) is 5.97. The van der Waals surface area contributed by atoms with Gasteiger partial charge in [0.1, 0.15) is 5.01 Å². The summed E-state index contributed by atoms with van der Waals surface area (Å²) in [6, 6.07) is 21.1. The molecule has 2 aromatic carbocycles. The van der Waals surface area contributed by atoms with Gasteiger partial charge in [0, 0.05) is 23.1 Å². The number of thiophene rings is 1. The molecule has 0 spiro atoms. The molecule has 3 aromatic heterocycles. The number of benzene rings is 2. The van der Waals surface area contributed by atoms with Gasteiger partial charge in [0.15, 0.2) is 5.01 Å². The zero-order valence-corrected chi connectivity index (χ0v) is 18.7. The Hall–Kier alpha value is -2.87. The van der Waals surface area contributed by atoms with Gasteiger partial charge in [0.05, 0.1) is 10.6 Å². The molecule has 0 atom stereocenters. The summed E-state index contributed by atoms with van der Waals surface area (Å²) in [6.07, 6.45) is 0. The van der Waals surface area contributed by atoms with Crippen LogP contribution in [0.25, 0.3) is 31.7 Å². The van der Waals surface area contributed by atoms with Crippen molar-refractivity contribution in [2.24, 2.45) is 0 Å². The number of nitrogens with zero attached hydrogens (tertiary/aromatic N) is 3. The lowest BCUT2D eigenvalue weighted by Crippen LogP contribution is -1.98. The van der Waals surface area contributed by atoms with Crippen LogP contribution in [0.4, 0.5) is 5.13 Å². The number of anilines is 1. The SMILES string of the molecule is Cc1ccc(-c2csc(-c3ccc(CNc4nnc(-c5cccs5)s4)cc3)n2)cc1. The van der Waals surface area contributed by atoms with Crippen LogP contribution < -0.4 is 5.32 Å². The maximum absolute atomic E-state index is 4.82. The molecule has 0 fully saturated rings. The molecule has 0 aliphatic heterocycles. The fourth-order valence-electron chi connectivity index (χ4n) is 3.00. The van der Waals surface area contributed by atoms with Gasteiger partial charge < -0.3 is 5.32 Å². The van der Waals surface area contributed by atoms with Gasteiger partial charge in [-0.25, -0.2) is 4.98 Å². The van der Waals surface area contributed by atoms with Gasteiger partial charge in [-0.2, -0.15) is 0 Å². The van der Waals surface area contributed by atoms with Crippen LogP contribution in [0.2, 0.25) is 0 Å². The van der Waals surface area contributed by atoms with E-state index in [0.717, 1.165) is 36.8 Å². The molecule has 0 saturated carbocycles. The molecule has 30 heavy (non-hydrogen) atoms. The molecule has 0 saturated heterocycles. The van der Waals surface area contributed by atoms with Crippen molar-refractivity contribution in [2.45, 2.75) is 13.5 Å². The molecule has 3 heterocycles. The minimum absolute atomic E-state index is 0.714. The summed E-state index contributed by atoms with van der Waals surface area (Å²) in [5.74, 6) is 0. The van der Waals surface area contributed by atoms with E-state index in [-0.39, 0.29) is 0 Å². The van der Waals surface area contributed by atoms with Crippen molar-refractivity contribution in [1.29, 1.82) is 0 Å². The van der Waals surface area contributed by atoms with E-state index < -0.39 is 0 Å². The Labute approximate surface area is 186 Å². The Morgan fingerprint density at radius 1 is 0.833 bits per heavy atom. The summed E-state index contributed by atoms with van der Waals surface area (Å²) in [6.45, 7) is 2.81. The van der Waals surface area contributed by atoms with E-state index in [9.17, 15) is 0 Å². The van der Waals surface area contributed by atoms with Crippen molar-refractivity contribution in [3.05, 3.63) is 82.6 Å². The molecule has 0 bridgehead atoms. The maximum atomic E-state index is 4.82.